The SMILES string of the molecule is CCc1cc(C(C)=NO)ccc1CN1CC(C(=O)O)C1. The zero-order chi connectivity index (χ0) is 14.7. The predicted octanol–water partition coefficient (Wildman–Crippen LogP) is 1.96. The van der Waals surface area contributed by atoms with Crippen LogP contribution in [-0.2, 0) is 17.8 Å². The summed E-state index contributed by atoms with van der Waals surface area (Å²) in [6, 6.07) is 6.02. The number of rotatable bonds is 5. The first-order valence-electron chi connectivity index (χ1n) is 6.81. The van der Waals surface area contributed by atoms with E-state index in [1.165, 1.54) is 11.1 Å². The van der Waals surface area contributed by atoms with E-state index < -0.39 is 5.97 Å². The topological polar surface area (TPSA) is 73.1 Å². The molecule has 2 rings (SSSR count). The molecule has 1 aromatic carbocycles. The smallest absolute Gasteiger partial charge is 0.309 e. The van der Waals surface area contributed by atoms with Crippen molar-refractivity contribution in [1.82, 2.24) is 4.90 Å². The van der Waals surface area contributed by atoms with E-state index in [4.69, 9.17) is 10.3 Å². The molecule has 0 radical (unpaired) electrons. The van der Waals surface area contributed by atoms with Crippen LogP contribution in [0.2, 0.25) is 0 Å². The predicted molar refractivity (Wildman–Crippen MR) is 76.2 cm³/mol. The Morgan fingerprint density at radius 2 is 2.10 bits per heavy atom. The number of aliphatic carboxylic acids is 1. The van der Waals surface area contributed by atoms with Crippen molar-refractivity contribution in [3.63, 3.8) is 0 Å². The van der Waals surface area contributed by atoms with Crippen LogP contribution < -0.4 is 0 Å². The van der Waals surface area contributed by atoms with Crippen LogP contribution in [-0.4, -0.2) is 40.0 Å². The number of nitrogens with zero attached hydrogens (tertiary/aromatic N) is 2. The van der Waals surface area contributed by atoms with Gasteiger partial charge in [0, 0.05) is 19.6 Å². The van der Waals surface area contributed by atoms with E-state index in [9.17, 15) is 4.79 Å². The number of hydrogen-bond acceptors (Lipinski definition) is 4. The first kappa shape index (κ1) is 14.5. The Bertz CT molecular complexity index is 534. The summed E-state index contributed by atoms with van der Waals surface area (Å²) in [6.07, 6.45) is 0.901. The first-order chi connectivity index (χ1) is 9.55. The number of hydrogen-bond donors (Lipinski definition) is 2. The van der Waals surface area contributed by atoms with E-state index in [2.05, 4.69) is 17.0 Å². The van der Waals surface area contributed by atoms with Crippen molar-refractivity contribution in [1.29, 1.82) is 0 Å². The second kappa shape index (κ2) is 6.05. The average molecular weight is 276 g/mol. The summed E-state index contributed by atoms with van der Waals surface area (Å²) in [6.45, 7) is 5.88. The third kappa shape index (κ3) is 2.99. The Morgan fingerprint density at radius 3 is 2.65 bits per heavy atom. The molecule has 1 aromatic rings. The second-order valence-corrected chi connectivity index (χ2v) is 5.25. The van der Waals surface area contributed by atoms with Gasteiger partial charge in [-0.1, -0.05) is 24.2 Å². The van der Waals surface area contributed by atoms with Gasteiger partial charge < -0.3 is 10.3 Å². The standard InChI is InChI=1S/C15H20N2O3/c1-3-11-6-12(10(2)16-20)4-5-13(11)7-17-8-14(9-17)15(18)19/h4-6,14,20H,3,7-9H2,1-2H3,(H,18,19). The van der Waals surface area contributed by atoms with Gasteiger partial charge in [0.25, 0.3) is 0 Å². The normalized spacial score (nSPS) is 17.0. The van der Waals surface area contributed by atoms with E-state index in [-0.39, 0.29) is 5.92 Å². The number of carboxylic acids is 1. The minimum absolute atomic E-state index is 0.219. The van der Waals surface area contributed by atoms with Gasteiger partial charge in [-0.2, -0.15) is 0 Å². The highest BCUT2D eigenvalue weighted by molar-refractivity contribution is 5.98. The molecule has 1 aliphatic heterocycles. The molecular weight excluding hydrogens is 256 g/mol. The lowest BCUT2D eigenvalue weighted by Gasteiger charge is -2.37. The molecule has 108 valence electrons. The molecule has 0 spiro atoms. The van der Waals surface area contributed by atoms with Gasteiger partial charge in [-0.15, -0.1) is 0 Å². The molecule has 2 N–H and O–H groups in total. The number of likely N-dealkylation sites (tertiary alicyclic amines) is 1. The quantitative estimate of drug-likeness (QED) is 0.490. The molecule has 5 nitrogen and oxygen atoms in total. The van der Waals surface area contributed by atoms with E-state index in [0.717, 1.165) is 18.5 Å². The number of aryl methyl sites for hydroxylation is 1. The van der Waals surface area contributed by atoms with Gasteiger partial charge in [0.1, 0.15) is 0 Å². The molecule has 1 fully saturated rings. The zero-order valence-corrected chi connectivity index (χ0v) is 11.8. The Hall–Kier alpha value is -1.88. The van der Waals surface area contributed by atoms with E-state index in [0.29, 0.717) is 18.8 Å². The van der Waals surface area contributed by atoms with Crippen LogP contribution in [0.4, 0.5) is 0 Å². The van der Waals surface area contributed by atoms with Crippen molar-refractivity contribution in [2.75, 3.05) is 13.1 Å². The van der Waals surface area contributed by atoms with Crippen molar-refractivity contribution < 1.29 is 15.1 Å². The van der Waals surface area contributed by atoms with Gasteiger partial charge in [0.05, 0.1) is 11.6 Å². The molecular formula is C15H20N2O3. The molecule has 20 heavy (non-hydrogen) atoms. The molecule has 0 aromatic heterocycles. The summed E-state index contributed by atoms with van der Waals surface area (Å²) >= 11 is 0. The third-order valence-electron chi connectivity index (χ3n) is 3.86. The average Bonchev–Trinajstić information content (AvgIpc) is 2.40. The minimum Gasteiger partial charge on any atom is -0.481 e. The zero-order valence-electron chi connectivity index (χ0n) is 11.8. The van der Waals surface area contributed by atoms with Crippen LogP contribution in [0.3, 0.4) is 0 Å². The van der Waals surface area contributed by atoms with Crippen molar-refractivity contribution in [3.05, 3.63) is 34.9 Å². The van der Waals surface area contributed by atoms with Crippen LogP contribution in [0.5, 0.6) is 0 Å². The van der Waals surface area contributed by atoms with Gasteiger partial charge >= 0.3 is 5.97 Å². The van der Waals surface area contributed by atoms with E-state index in [1.54, 1.807) is 6.92 Å². The molecule has 5 heteroatoms. The molecule has 1 saturated heterocycles. The number of carbonyl (C=O) groups is 1. The lowest BCUT2D eigenvalue weighted by Crippen LogP contribution is -2.49. The van der Waals surface area contributed by atoms with E-state index in [1.807, 2.05) is 18.2 Å². The molecule has 0 bridgehead atoms. The minimum atomic E-state index is -0.706. The van der Waals surface area contributed by atoms with Crippen molar-refractivity contribution in [2.45, 2.75) is 26.8 Å². The lowest BCUT2D eigenvalue weighted by atomic mass is 9.96. The largest absolute Gasteiger partial charge is 0.481 e. The Kier molecular flexibility index (Phi) is 4.39. The molecule has 1 heterocycles. The molecule has 0 unspecified atom stereocenters. The van der Waals surface area contributed by atoms with Crippen LogP contribution >= 0.6 is 0 Å². The van der Waals surface area contributed by atoms with Crippen LogP contribution in [0.1, 0.15) is 30.5 Å². The van der Waals surface area contributed by atoms with Gasteiger partial charge in [0.2, 0.25) is 0 Å². The number of benzene rings is 1. The summed E-state index contributed by atoms with van der Waals surface area (Å²) in [4.78, 5) is 12.9. The molecule has 1 aliphatic rings. The van der Waals surface area contributed by atoms with Crippen molar-refractivity contribution in [3.8, 4) is 0 Å². The highest BCUT2D eigenvalue weighted by Gasteiger charge is 2.32. The maximum absolute atomic E-state index is 10.8. The first-order valence-corrected chi connectivity index (χ1v) is 6.81. The van der Waals surface area contributed by atoms with Crippen molar-refractivity contribution >= 4 is 11.7 Å². The van der Waals surface area contributed by atoms with Crippen LogP contribution in [0.15, 0.2) is 23.4 Å². The highest BCUT2D eigenvalue weighted by Crippen LogP contribution is 2.22. The van der Waals surface area contributed by atoms with Gasteiger partial charge in [0.15, 0.2) is 0 Å². The van der Waals surface area contributed by atoms with Gasteiger partial charge in [-0.3, -0.25) is 9.69 Å². The number of carboxylic acid groups (broad SMARTS) is 1. The maximum Gasteiger partial charge on any atom is 0.309 e. The summed E-state index contributed by atoms with van der Waals surface area (Å²) in [5.74, 6) is -0.926. The summed E-state index contributed by atoms with van der Waals surface area (Å²) in [7, 11) is 0. The fraction of sp³-hybridized carbons (Fsp3) is 0.467. The monoisotopic (exact) mass is 276 g/mol. The Morgan fingerprint density at radius 1 is 1.40 bits per heavy atom. The van der Waals surface area contributed by atoms with Crippen molar-refractivity contribution in [2.24, 2.45) is 11.1 Å². The summed E-state index contributed by atoms with van der Waals surface area (Å²) < 4.78 is 0. The van der Waals surface area contributed by atoms with E-state index >= 15 is 0 Å². The maximum atomic E-state index is 10.8. The Balaban J connectivity index is 2.07. The summed E-state index contributed by atoms with van der Waals surface area (Å²) in [5, 5.41) is 20.9. The third-order valence-corrected chi connectivity index (χ3v) is 3.86. The molecule has 0 aliphatic carbocycles. The molecule has 0 amide bonds. The fourth-order valence-electron chi connectivity index (χ4n) is 2.49. The molecule has 0 atom stereocenters. The fourth-order valence-corrected chi connectivity index (χ4v) is 2.49. The highest BCUT2D eigenvalue weighted by atomic mass is 16.4. The van der Waals surface area contributed by atoms with Gasteiger partial charge in [-0.25, -0.2) is 0 Å². The number of oxime groups is 1. The van der Waals surface area contributed by atoms with Gasteiger partial charge in [-0.05, 0) is 36.1 Å². The van der Waals surface area contributed by atoms with Crippen LogP contribution in [0.25, 0.3) is 0 Å². The summed E-state index contributed by atoms with van der Waals surface area (Å²) in [5.41, 5.74) is 3.94. The Labute approximate surface area is 118 Å². The molecule has 0 saturated carbocycles. The second-order valence-electron chi connectivity index (χ2n) is 5.25. The lowest BCUT2D eigenvalue weighted by molar-refractivity contribution is -0.147. The van der Waals surface area contributed by atoms with Crippen LogP contribution in [0, 0.1) is 5.92 Å².